The fourth-order valence-electron chi connectivity index (χ4n) is 1.75. The molecule has 0 aliphatic carbocycles. The highest BCUT2D eigenvalue weighted by atomic mass is 32.1. The summed E-state index contributed by atoms with van der Waals surface area (Å²) >= 11 is 1.38. The van der Waals surface area contributed by atoms with Gasteiger partial charge < -0.3 is 5.11 Å². The predicted molar refractivity (Wildman–Crippen MR) is 72.4 cm³/mol. The van der Waals surface area contributed by atoms with Gasteiger partial charge in [-0.05, 0) is 48.8 Å². The van der Waals surface area contributed by atoms with Crippen molar-refractivity contribution in [2.45, 2.75) is 19.4 Å². The Labute approximate surface area is 106 Å². The number of fused-ring (bicyclic) bond motifs is 2. The summed E-state index contributed by atoms with van der Waals surface area (Å²) < 4.78 is 17.3. The molecular weight excluding hydrogens is 230 g/mol. The van der Waals surface area contributed by atoms with Crippen LogP contribution in [-0.4, -0.2) is 10.1 Å². The Morgan fingerprint density at radius 1 is 1.29 bits per heavy atom. The molecule has 1 aromatic carbocycles. The minimum atomic E-state index is -0.951. The summed E-state index contributed by atoms with van der Waals surface area (Å²) in [5.74, 6) is 0. The molecule has 0 radical (unpaired) electrons. The summed E-state index contributed by atoms with van der Waals surface area (Å²) in [7, 11) is 0. The smallest absolute Gasteiger partial charge is 0.0932 e. The first-order valence-corrected chi connectivity index (χ1v) is 6.20. The second-order valence-electron chi connectivity index (χ2n) is 4.58. The number of nitrogens with zero attached hydrogens (tertiary/aromatic N) is 1. The Bertz CT molecular complexity index is 731. The van der Waals surface area contributed by atoms with Crippen molar-refractivity contribution in [2.75, 3.05) is 0 Å². The van der Waals surface area contributed by atoms with E-state index in [4.69, 9.17) is 2.74 Å². The molecule has 0 saturated carbocycles. The van der Waals surface area contributed by atoms with Crippen molar-refractivity contribution >= 4 is 32.2 Å². The van der Waals surface area contributed by atoms with Crippen molar-refractivity contribution in [3.8, 4) is 0 Å². The zero-order valence-corrected chi connectivity index (χ0v) is 10.4. The van der Waals surface area contributed by atoms with Crippen LogP contribution >= 0.6 is 11.3 Å². The molecule has 0 aliphatic rings. The van der Waals surface area contributed by atoms with Crippen LogP contribution in [0.25, 0.3) is 20.9 Å². The van der Waals surface area contributed by atoms with Crippen molar-refractivity contribution in [3.05, 3.63) is 41.5 Å². The normalized spacial score (nSPS) is 14.1. The lowest BCUT2D eigenvalue weighted by atomic mass is 10.1. The zero-order chi connectivity index (χ0) is 13.8. The van der Waals surface area contributed by atoms with Gasteiger partial charge in [-0.25, -0.2) is 0 Å². The molecule has 3 heteroatoms. The summed E-state index contributed by atoms with van der Waals surface area (Å²) in [5.41, 5.74) is -0.951. The fraction of sp³-hybridized carbons (Fsp3) is 0.214. The number of hydrogen-bond donors (Lipinski definition) is 1. The Balaban J connectivity index is 2.48. The molecule has 1 N–H and O–H groups in total. The van der Waals surface area contributed by atoms with Gasteiger partial charge in [-0.2, -0.15) is 0 Å². The van der Waals surface area contributed by atoms with E-state index >= 15 is 0 Å². The topological polar surface area (TPSA) is 33.1 Å². The van der Waals surface area contributed by atoms with Gasteiger partial charge in [0.25, 0.3) is 0 Å². The number of pyridine rings is 1. The molecule has 0 unspecified atom stereocenters. The first kappa shape index (κ1) is 8.61. The maximum atomic E-state index is 10.1. The van der Waals surface area contributed by atoms with Crippen LogP contribution in [0.2, 0.25) is 0 Å². The highest BCUT2D eigenvalue weighted by molar-refractivity contribution is 7.19. The third-order valence-corrected chi connectivity index (χ3v) is 4.04. The number of aliphatic hydroxyl groups is 1. The van der Waals surface area contributed by atoms with Gasteiger partial charge >= 0.3 is 0 Å². The lowest BCUT2D eigenvalue weighted by Gasteiger charge is -2.13. The molecule has 2 nitrogen and oxygen atoms in total. The van der Waals surface area contributed by atoms with Crippen molar-refractivity contribution in [3.63, 3.8) is 0 Å². The van der Waals surface area contributed by atoms with Gasteiger partial charge in [-0.1, -0.05) is 0 Å². The maximum Gasteiger partial charge on any atom is 0.0932 e. The molecule has 3 aromatic rings. The van der Waals surface area contributed by atoms with Gasteiger partial charge in [0.1, 0.15) is 0 Å². The van der Waals surface area contributed by atoms with Gasteiger partial charge in [0, 0.05) is 27.4 Å². The van der Waals surface area contributed by atoms with Crippen molar-refractivity contribution in [1.82, 2.24) is 4.98 Å². The van der Waals surface area contributed by atoms with Gasteiger partial charge in [-0.3, -0.25) is 4.98 Å². The highest BCUT2D eigenvalue weighted by Crippen LogP contribution is 2.34. The summed E-state index contributed by atoms with van der Waals surface area (Å²) in [4.78, 5) is 4.80. The van der Waals surface area contributed by atoms with Crippen molar-refractivity contribution < 1.29 is 7.85 Å². The molecule has 0 fully saturated rings. The zero-order valence-electron chi connectivity index (χ0n) is 11.6. The monoisotopic (exact) mass is 245 g/mol. The van der Waals surface area contributed by atoms with E-state index in [2.05, 4.69) is 4.98 Å². The summed E-state index contributed by atoms with van der Waals surface area (Å²) in [5, 5.41) is 12.2. The van der Waals surface area contributed by atoms with E-state index in [-0.39, 0.29) is 0 Å². The first-order valence-electron chi connectivity index (χ1n) is 6.39. The Kier molecular flexibility index (Phi) is 1.78. The number of thiophene rings is 1. The third kappa shape index (κ3) is 1.81. The van der Waals surface area contributed by atoms with E-state index in [0.717, 1.165) is 15.0 Å². The van der Waals surface area contributed by atoms with Crippen LogP contribution < -0.4 is 0 Å². The number of aromatic nitrogens is 1. The lowest BCUT2D eigenvalue weighted by Crippen LogP contribution is -2.12. The largest absolute Gasteiger partial charge is 0.385 e. The molecule has 0 spiro atoms. The molecule has 86 valence electrons. The summed E-state index contributed by atoms with van der Waals surface area (Å²) in [6, 6.07) is 4.36. The van der Waals surface area contributed by atoms with Crippen LogP contribution in [0.15, 0.2) is 36.6 Å². The molecule has 2 aromatic heterocycles. The van der Waals surface area contributed by atoms with E-state index in [1.807, 2.05) is 6.07 Å². The average Bonchev–Trinajstić information content (AvgIpc) is 2.81. The first-order chi connectivity index (χ1) is 8.89. The molecule has 0 aliphatic heterocycles. The van der Waals surface area contributed by atoms with Crippen LogP contribution in [-0.2, 0) is 5.60 Å². The molecule has 3 rings (SSSR count). The van der Waals surface area contributed by atoms with Gasteiger partial charge in [0.15, 0.2) is 0 Å². The molecule has 0 saturated heterocycles. The lowest BCUT2D eigenvalue weighted by molar-refractivity contribution is 0.0826. The number of rotatable bonds is 1. The van der Waals surface area contributed by atoms with Crippen LogP contribution in [0, 0.1) is 0 Å². The Morgan fingerprint density at radius 2 is 2.12 bits per heavy atom. The Morgan fingerprint density at radius 3 is 2.88 bits per heavy atom. The van der Waals surface area contributed by atoms with Gasteiger partial charge in [-0.15, -0.1) is 11.3 Å². The third-order valence-electron chi connectivity index (χ3n) is 2.67. The van der Waals surface area contributed by atoms with E-state index in [1.165, 1.54) is 11.3 Å². The number of hydrogen-bond acceptors (Lipinski definition) is 3. The van der Waals surface area contributed by atoms with Crippen molar-refractivity contribution in [1.29, 1.82) is 0 Å². The van der Waals surface area contributed by atoms with Crippen LogP contribution in [0.3, 0.4) is 0 Å². The Hall–Kier alpha value is -1.45. The number of benzene rings is 1. The van der Waals surface area contributed by atoms with E-state index in [9.17, 15) is 5.11 Å². The SMILES string of the molecule is [2H]c1c2cnccc2c([2H])c2sc(C(C)(C)O)cc12. The molecular formula is C14H13NOS. The quantitative estimate of drug-likeness (QED) is 0.709. The van der Waals surface area contributed by atoms with Gasteiger partial charge in [0.2, 0.25) is 0 Å². The van der Waals surface area contributed by atoms with E-state index in [0.29, 0.717) is 22.9 Å². The molecule has 2 heterocycles. The van der Waals surface area contributed by atoms with Crippen LogP contribution in [0.5, 0.6) is 0 Å². The van der Waals surface area contributed by atoms with Crippen LogP contribution in [0.1, 0.15) is 21.5 Å². The average molecular weight is 245 g/mol. The maximum absolute atomic E-state index is 10.1. The molecule has 0 amide bonds. The summed E-state index contributed by atoms with van der Waals surface area (Å²) in [6.45, 7) is 3.43. The highest BCUT2D eigenvalue weighted by Gasteiger charge is 2.18. The minimum absolute atomic E-state index is 0.376. The standard InChI is InChI=1S/C14H13NOS/c1-14(2,16)13-7-10-5-11-8-15-4-3-9(11)6-12(10)17-13/h3-8,16H,1-2H3/i5D,6D. The van der Waals surface area contributed by atoms with Crippen LogP contribution in [0.4, 0.5) is 0 Å². The molecule has 0 atom stereocenters. The minimum Gasteiger partial charge on any atom is -0.385 e. The van der Waals surface area contributed by atoms with E-state index < -0.39 is 5.60 Å². The van der Waals surface area contributed by atoms with Crippen molar-refractivity contribution in [2.24, 2.45) is 0 Å². The molecule has 0 bridgehead atoms. The second-order valence-corrected chi connectivity index (χ2v) is 5.64. The predicted octanol–water partition coefficient (Wildman–Crippen LogP) is 3.68. The fourth-order valence-corrected chi connectivity index (χ4v) is 2.78. The second kappa shape index (κ2) is 3.52. The summed E-state index contributed by atoms with van der Waals surface area (Å²) in [6.07, 6.45) is 3.26. The van der Waals surface area contributed by atoms with E-state index in [1.54, 1.807) is 32.3 Å². The molecule has 17 heavy (non-hydrogen) atoms. The van der Waals surface area contributed by atoms with Gasteiger partial charge in [0.05, 0.1) is 8.34 Å².